The average molecular weight is 668 g/mol. The Morgan fingerprint density at radius 3 is 1.83 bits per heavy atom. The molecule has 5 heterocycles. The Morgan fingerprint density at radius 2 is 1.10 bits per heavy atom. The van der Waals surface area contributed by atoms with Crippen molar-refractivity contribution in [3.8, 4) is 51.1 Å². The first-order chi connectivity index (χ1) is 25.8. The molecule has 0 N–H and O–H groups in total. The summed E-state index contributed by atoms with van der Waals surface area (Å²) in [6.45, 7) is 0. The smallest absolute Gasteiger partial charge is 0.145 e. The maximum Gasteiger partial charge on any atom is 0.145 e. The number of ether oxygens (including phenoxy) is 2. The van der Waals surface area contributed by atoms with E-state index in [1.54, 1.807) is 0 Å². The van der Waals surface area contributed by atoms with Crippen molar-refractivity contribution in [3.63, 3.8) is 0 Å². The standard InChI is InChI=1S/C47H29N3O2/c1-2-12-32(13-3-1)50-40-19-10-14-33(45(40)34-15-11-27-49-46(34)50)30-22-24-37-43(28-30)51-41-20-6-4-16-35(41)47(37)36-17-5-7-21-42(36)52-44-29-31(23-25-38(44)47)39-18-8-9-26-48-39/h1-29H. The Labute approximate surface area is 300 Å². The highest BCUT2D eigenvalue weighted by molar-refractivity contribution is 6.14. The van der Waals surface area contributed by atoms with Crippen molar-refractivity contribution in [2.75, 3.05) is 0 Å². The molecule has 11 rings (SSSR count). The lowest BCUT2D eigenvalue weighted by Gasteiger charge is -2.45. The molecule has 0 aliphatic carbocycles. The monoisotopic (exact) mass is 667 g/mol. The Hall–Kier alpha value is -6.98. The van der Waals surface area contributed by atoms with Crippen LogP contribution in [0.25, 0.3) is 50.0 Å². The van der Waals surface area contributed by atoms with Crippen molar-refractivity contribution < 1.29 is 9.47 Å². The van der Waals surface area contributed by atoms with Gasteiger partial charge in [-0.05, 0) is 77.9 Å². The second kappa shape index (κ2) is 11.0. The largest absolute Gasteiger partial charge is 0.457 e. The van der Waals surface area contributed by atoms with Crippen LogP contribution in [0, 0.1) is 0 Å². The molecule has 0 fully saturated rings. The molecule has 9 aromatic rings. The molecule has 0 saturated carbocycles. The van der Waals surface area contributed by atoms with E-state index in [0.29, 0.717) is 0 Å². The summed E-state index contributed by atoms with van der Waals surface area (Å²) in [7, 11) is 0. The van der Waals surface area contributed by atoms with Crippen molar-refractivity contribution in [2.45, 2.75) is 5.41 Å². The molecule has 1 atom stereocenters. The minimum atomic E-state index is -0.686. The first kappa shape index (κ1) is 28.8. The summed E-state index contributed by atoms with van der Waals surface area (Å²) in [6.07, 6.45) is 3.69. The molecular weight excluding hydrogens is 639 g/mol. The first-order valence-electron chi connectivity index (χ1n) is 17.5. The molecule has 0 amide bonds. The van der Waals surface area contributed by atoms with Crippen LogP contribution in [0.3, 0.4) is 0 Å². The third-order valence-electron chi connectivity index (χ3n) is 10.6. The molecule has 6 aromatic carbocycles. The van der Waals surface area contributed by atoms with Crippen molar-refractivity contribution >= 4 is 21.9 Å². The lowest BCUT2D eigenvalue weighted by molar-refractivity contribution is 0.399. The summed E-state index contributed by atoms with van der Waals surface area (Å²) in [6, 6.07) is 57.1. The molecule has 5 nitrogen and oxygen atoms in total. The number of pyridine rings is 2. The molecule has 0 saturated heterocycles. The molecule has 244 valence electrons. The zero-order chi connectivity index (χ0) is 34.2. The van der Waals surface area contributed by atoms with Gasteiger partial charge in [-0.25, -0.2) is 4.98 Å². The number of fused-ring (bicyclic) bond motifs is 11. The van der Waals surface area contributed by atoms with E-state index in [1.807, 2.05) is 54.9 Å². The van der Waals surface area contributed by atoms with E-state index in [0.717, 1.165) is 95.3 Å². The maximum atomic E-state index is 6.90. The predicted octanol–water partition coefficient (Wildman–Crippen LogP) is 11.5. The van der Waals surface area contributed by atoms with Crippen LogP contribution in [0.1, 0.15) is 22.3 Å². The zero-order valence-electron chi connectivity index (χ0n) is 27.9. The highest BCUT2D eigenvalue weighted by Gasteiger charge is 2.50. The van der Waals surface area contributed by atoms with Crippen LogP contribution >= 0.6 is 0 Å². The van der Waals surface area contributed by atoms with Gasteiger partial charge in [-0.2, -0.15) is 0 Å². The van der Waals surface area contributed by atoms with Gasteiger partial charge in [-0.15, -0.1) is 0 Å². The van der Waals surface area contributed by atoms with Crippen molar-refractivity contribution in [1.82, 2.24) is 14.5 Å². The summed E-state index contributed by atoms with van der Waals surface area (Å²) in [5, 5.41) is 2.26. The van der Waals surface area contributed by atoms with E-state index >= 15 is 0 Å². The molecular formula is C47H29N3O2. The minimum absolute atomic E-state index is 0.686. The molecule has 5 heteroatoms. The number of rotatable bonds is 3. The Kier molecular flexibility index (Phi) is 6.10. The summed E-state index contributed by atoms with van der Waals surface area (Å²) in [4.78, 5) is 9.51. The molecule has 2 aliphatic heterocycles. The second-order valence-corrected chi connectivity index (χ2v) is 13.3. The van der Waals surface area contributed by atoms with E-state index in [9.17, 15) is 0 Å². The van der Waals surface area contributed by atoms with Gasteiger partial charge in [0.1, 0.15) is 28.6 Å². The SMILES string of the molecule is c1ccc(-n2c3cccc(-c4ccc5c(c4)Oc4ccccc4C54c5ccccc5Oc5cc(-c6ccccn6)ccc54)c3c3cccnc32)cc1. The van der Waals surface area contributed by atoms with E-state index < -0.39 is 5.41 Å². The molecule has 3 aromatic heterocycles. The van der Waals surface area contributed by atoms with E-state index in [4.69, 9.17) is 14.5 Å². The Balaban J connectivity index is 1.17. The molecule has 0 bridgehead atoms. The number of aromatic nitrogens is 3. The number of nitrogens with zero attached hydrogens (tertiary/aromatic N) is 3. The van der Waals surface area contributed by atoms with Crippen LogP contribution in [0.5, 0.6) is 23.0 Å². The normalized spacial score (nSPS) is 15.3. The predicted molar refractivity (Wildman–Crippen MR) is 206 cm³/mol. The zero-order valence-corrected chi connectivity index (χ0v) is 27.9. The van der Waals surface area contributed by atoms with Gasteiger partial charge in [0.25, 0.3) is 0 Å². The van der Waals surface area contributed by atoms with Gasteiger partial charge in [0.05, 0.1) is 16.6 Å². The highest BCUT2D eigenvalue weighted by Crippen LogP contribution is 2.62. The Morgan fingerprint density at radius 1 is 0.462 bits per heavy atom. The lowest BCUT2D eigenvalue weighted by Crippen LogP contribution is -2.36. The van der Waals surface area contributed by atoms with Crippen molar-refractivity contribution in [3.05, 3.63) is 198 Å². The molecule has 0 radical (unpaired) electrons. The topological polar surface area (TPSA) is 49.2 Å². The van der Waals surface area contributed by atoms with Crippen molar-refractivity contribution in [2.24, 2.45) is 0 Å². The quantitative estimate of drug-likeness (QED) is 0.188. The third kappa shape index (κ3) is 3.99. The summed E-state index contributed by atoms with van der Waals surface area (Å²) in [5.41, 5.74) is 10.8. The first-order valence-corrected chi connectivity index (χ1v) is 17.5. The maximum absolute atomic E-state index is 6.90. The summed E-state index contributed by atoms with van der Waals surface area (Å²) in [5.74, 6) is 3.27. The molecule has 1 spiro atoms. The number of para-hydroxylation sites is 3. The number of benzene rings is 6. The third-order valence-corrected chi connectivity index (χ3v) is 10.6. The fourth-order valence-corrected chi connectivity index (χ4v) is 8.50. The fraction of sp³-hybridized carbons (Fsp3) is 0.0213. The highest BCUT2D eigenvalue weighted by atomic mass is 16.5. The fourth-order valence-electron chi connectivity index (χ4n) is 8.50. The van der Waals surface area contributed by atoms with Crippen LogP contribution in [-0.2, 0) is 5.41 Å². The van der Waals surface area contributed by atoms with Gasteiger partial charge >= 0.3 is 0 Å². The van der Waals surface area contributed by atoms with Gasteiger partial charge < -0.3 is 9.47 Å². The van der Waals surface area contributed by atoms with Gasteiger partial charge in [-0.3, -0.25) is 9.55 Å². The summed E-state index contributed by atoms with van der Waals surface area (Å²) >= 11 is 0. The van der Waals surface area contributed by atoms with E-state index in [2.05, 4.69) is 131 Å². The van der Waals surface area contributed by atoms with Gasteiger partial charge in [0, 0.05) is 56.7 Å². The summed E-state index contributed by atoms with van der Waals surface area (Å²) < 4.78 is 15.9. The number of hydrogen-bond acceptors (Lipinski definition) is 4. The minimum Gasteiger partial charge on any atom is -0.457 e. The van der Waals surface area contributed by atoms with Gasteiger partial charge in [-0.1, -0.05) is 97.1 Å². The van der Waals surface area contributed by atoms with E-state index in [-0.39, 0.29) is 0 Å². The van der Waals surface area contributed by atoms with Crippen LogP contribution in [0.15, 0.2) is 176 Å². The van der Waals surface area contributed by atoms with Crippen molar-refractivity contribution in [1.29, 1.82) is 0 Å². The molecule has 1 unspecified atom stereocenters. The molecule has 2 aliphatic rings. The van der Waals surface area contributed by atoms with Crippen LogP contribution in [-0.4, -0.2) is 14.5 Å². The van der Waals surface area contributed by atoms with Crippen LogP contribution in [0.2, 0.25) is 0 Å². The van der Waals surface area contributed by atoms with Crippen LogP contribution < -0.4 is 9.47 Å². The van der Waals surface area contributed by atoms with Crippen LogP contribution in [0.4, 0.5) is 0 Å². The number of hydrogen-bond donors (Lipinski definition) is 0. The molecule has 52 heavy (non-hydrogen) atoms. The average Bonchev–Trinajstić information content (AvgIpc) is 3.56. The Bertz CT molecular complexity index is 2850. The van der Waals surface area contributed by atoms with Gasteiger partial charge in [0.2, 0.25) is 0 Å². The van der Waals surface area contributed by atoms with Gasteiger partial charge in [0.15, 0.2) is 0 Å². The lowest BCUT2D eigenvalue weighted by atomic mass is 9.62. The van der Waals surface area contributed by atoms with E-state index in [1.165, 1.54) is 0 Å². The second-order valence-electron chi connectivity index (χ2n) is 13.3.